The van der Waals surface area contributed by atoms with E-state index in [2.05, 4.69) is 28.8 Å². The number of fused-ring (bicyclic) bond motifs is 1. The molecule has 7 atom stereocenters. The molecule has 0 bridgehead atoms. The van der Waals surface area contributed by atoms with Crippen LogP contribution in [-0.4, -0.2) is 82.3 Å². The molecule has 6 rings (SSSR count). The summed E-state index contributed by atoms with van der Waals surface area (Å²) in [5, 5.41) is 3.84. The van der Waals surface area contributed by atoms with E-state index < -0.39 is 6.17 Å². The Morgan fingerprint density at radius 2 is 2.11 bits per heavy atom. The minimum atomic E-state index is -1.09. The number of halogens is 1. The Kier molecular flexibility index (Phi) is 6.20. The molecule has 1 aromatic carbocycles. The van der Waals surface area contributed by atoms with Crippen molar-refractivity contribution in [2.75, 3.05) is 26.7 Å². The first-order valence-corrected chi connectivity index (χ1v) is 13.6. The van der Waals surface area contributed by atoms with Crippen LogP contribution in [0.4, 0.5) is 4.39 Å². The van der Waals surface area contributed by atoms with Crippen LogP contribution in [0.25, 0.3) is 11.0 Å². The molecule has 4 fully saturated rings. The smallest absolute Gasteiger partial charge is 0.254 e. The first kappa shape index (κ1) is 24.1. The predicted molar refractivity (Wildman–Crippen MR) is 137 cm³/mol. The summed E-state index contributed by atoms with van der Waals surface area (Å²) < 4.78 is 22.1. The molecule has 4 heterocycles. The Balaban J connectivity index is 1.38. The number of piperazine rings is 1. The van der Waals surface area contributed by atoms with Crippen LogP contribution in [0.2, 0.25) is 0 Å². The van der Waals surface area contributed by atoms with Crippen molar-refractivity contribution in [2.45, 2.75) is 81.8 Å². The lowest BCUT2D eigenvalue weighted by Gasteiger charge is -2.48. The lowest BCUT2D eigenvalue weighted by atomic mass is 9.80. The number of nitrogens with one attached hydrogen (secondary N) is 1. The van der Waals surface area contributed by atoms with E-state index in [0.29, 0.717) is 48.3 Å². The van der Waals surface area contributed by atoms with Crippen LogP contribution >= 0.6 is 0 Å². The molecule has 3 aliphatic heterocycles. The zero-order chi connectivity index (χ0) is 25.1. The van der Waals surface area contributed by atoms with Crippen molar-refractivity contribution < 1.29 is 13.9 Å². The van der Waals surface area contributed by atoms with Crippen LogP contribution in [0.3, 0.4) is 0 Å². The molecular weight excluding hydrogens is 459 g/mol. The molecule has 3 saturated heterocycles. The quantitative estimate of drug-likeness (QED) is 0.674. The second-order valence-electron chi connectivity index (χ2n) is 11.3. The van der Waals surface area contributed by atoms with Gasteiger partial charge < -0.3 is 25.3 Å². The third-order valence-corrected chi connectivity index (χ3v) is 9.18. The van der Waals surface area contributed by atoms with E-state index in [1.54, 1.807) is 13.2 Å². The standard InChI is InChI=1S/C27H39FN6O2/c1-4-19-12-30-20-7-5-6-15-9-22(34(19)24(15)20)26-31-21-8-16(10-23(36-3)25(21)32(26)2)27(35)33-13-17(28)11-18(29)14-33/h8,10,15,17-20,22,24,30H,4-7,9,11-14,29H2,1-3H3/t15?,17-,18-,19?,20?,22?,24?/m1/s1. The molecule has 36 heavy (non-hydrogen) atoms. The lowest BCUT2D eigenvalue weighted by molar-refractivity contribution is 0.0309. The van der Waals surface area contributed by atoms with Crippen LogP contribution in [0.1, 0.15) is 67.7 Å². The maximum absolute atomic E-state index is 14.2. The highest BCUT2D eigenvalue weighted by Crippen LogP contribution is 2.49. The van der Waals surface area contributed by atoms with Crippen LogP contribution < -0.4 is 15.8 Å². The first-order valence-electron chi connectivity index (χ1n) is 13.6. The molecule has 196 valence electrons. The summed E-state index contributed by atoms with van der Waals surface area (Å²) in [7, 11) is 3.69. The molecule has 1 aliphatic carbocycles. The van der Waals surface area contributed by atoms with Gasteiger partial charge in [-0.25, -0.2) is 9.37 Å². The highest BCUT2D eigenvalue weighted by atomic mass is 19.1. The normalized spacial score (nSPS) is 34.7. The van der Waals surface area contributed by atoms with E-state index >= 15 is 0 Å². The van der Waals surface area contributed by atoms with E-state index in [1.165, 1.54) is 24.2 Å². The van der Waals surface area contributed by atoms with Crippen LogP contribution in [0, 0.1) is 5.92 Å². The van der Waals surface area contributed by atoms with Gasteiger partial charge in [-0.2, -0.15) is 0 Å². The van der Waals surface area contributed by atoms with Crippen LogP contribution in [0.15, 0.2) is 12.1 Å². The summed E-state index contributed by atoms with van der Waals surface area (Å²) in [6, 6.07) is 5.16. The molecule has 0 spiro atoms. The largest absolute Gasteiger partial charge is 0.494 e. The van der Waals surface area contributed by atoms with Crippen molar-refractivity contribution in [2.24, 2.45) is 18.7 Å². The maximum atomic E-state index is 14.2. The number of aromatic nitrogens is 2. The van der Waals surface area contributed by atoms with E-state index in [4.69, 9.17) is 15.5 Å². The van der Waals surface area contributed by atoms with Crippen molar-refractivity contribution in [3.8, 4) is 5.75 Å². The number of methoxy groups -OCH3 is 1. The molecule has 1 aromatic heterocycles. The number of ether oxygens (including phenoxy) is 1. The van der Waals surface area contributed by atoms with Gasteiger partial charge in [-0.1, -0.05) is 13.3 Å². The van der Waals surface area contributed by atoms with Crippen LogP contribution in [0.5, 0.6) is 5.75 Å². The first-order chi connectivity index (χ1) is 17.4. The molecule has 1 amide bonds. The van der Waals surface area contributed by atoms with Gasteiger partial charge in [0.25, 0.3) is 5.91 Å². The Morgan fingerprint density at radius 1 is 1.28 bits per heavy atom. The number of nitrogens with zero attached hydrogens (tertiary/aromatic N) is 4. The fourth-order valence-corrected chi connectivity index (χ4v) is 7.63. The number of alkyl halides is 1. The van der Waals surface area contributed by atoms with E-state index in [9.17, 15) is 9.18 Å². The average molecular weight is 499 g/mol. The molecule has 3 N–H and O–H groups in total. The van der Waals surface area contributed by atoms with E-state index in [0.717, 1.165) is 36.2 Å². The highest BCUT2D eigenvalue weighted by Gasteiger charge is 2.52. The molecule has 2 aromatic rings. The fourth-order valence-electron chi connectivity index (χ4n) is 7.63. The zero-order valence-electron chi connectivity index (χ0n) is 21.6. The number of amides is 1. The third-order valence-electron chi connectivity index (χ3n) is 9.18. The zero-order valence-corrected chi connectivity index (χ0v) is 21.6. The summed E-state index contributed by atoms with van der Waals surface area (Å²) >= 11 is 0. The summed E-state index contributed by atoms with van der Waals surface area (Å²) in [6.07, 6.45) is 5.26. The van der Waals surface area contributed by atoms with Gasteiger partial charge >= 0.3 is 0 Å². The van der Waals surface area contributed by atoms with Crippen molar-refractivity contribution in [3.05, 3.63) is 23.5 Å². The second kappa shape index (κ2) is 9.26. The van der Waals surface area contributed by atoms with Crippen molar-refractivity contribution in [1.29, 1.82) is 0 Å². The van der Waals surface area contributed by atoms with Gasteiger partial charge in [0.1, 0.15) is 23.3 Å². The SMILES string of the molecule is CCC1CNC2CCCC3CC(c4nc5cc(C(=O)N6C[C@H](N)C[C@@H](F)C6)cc(OC)c5n4C)N1C32. The van der Waals surface area contributed by atoms with Crippen molar-refractivity contribution in [3.63, 3.8) is 0 Å². The van der Waals surface area contributed by atoms with Gasteiger partial charge in [-0.05, 0) is 50.2 Å². The Bertz CT molecular complexity index is 1140. The number of benzene rings is 1. The molecule has 1 saturated carbocycles. The summed E-state index contributed by atoms with van der Waals surface area (Å²) in [6.45, 7) is 3.75. The monoisotopic (exact) mass is 498 g/mol. The molecule has 8 nitrogen and oxygen atoms in total. The Morgan fingerprint density at radius 3 is 2.86 bits per heavy atom. The molecular formula is C27H39FN6O2. The number of imidazole rings is 1. The van der Waals surface area contributed by atoms with E-state index in [-0.39, 0.29) is 24.5 Å². The number of piperidine rings is 1. The van der Waals surface area contributed by atoms with Gasteiger partial charge in [0.15, 0.2) is 0 Å². The maximum Gasteiger partial charge on any atom is 0.254 e. The summed E-state index contributed by atoms with van der Waals surface area (Å²) in [5.74, 6) is 2.13. The van der Waals surface area contributed by atoms with Gasteiger partial charge in [-0.15, -0.1) is 0 Å². The van der Waals surface area contributed by atoms with Gasteiger partial charge in [0.05, 0.1) is 25.2 Å². The number of hydrogen-bond acceptors (Lipinski definition) is 6. The minimum absolute atomic E-state index is 0.0772. The third kappa shape index (κ3) is 3.82. The number of hydrogen-bond donors (Lipinski definition) is 2. The molecule has 5 unspecified atom stereocenters. The minimum Gasteiger partial charge on any atom is -0.494 e. The number of carbonyl (C=O) groups excluding carboxylic acids is 1. The number of aryl methyl sites for hydroxylation is 1. The van der Waals surface area contributed by atoms with Gasteiger partial charge in [-0.3, -0.25) is 9.69 Å². The molecule has 4 aliphatic rings. The van der Waals surface area contributed by atoms with Crippen LogP contribution in [-0.2, 0) is 7.05 Å². The second-order valence-corrected chi connectivity index (χ2v) is 11.3. The summed E-state index contributed by atoms with van der Waals surface area (Å²) in [5.41, 5.74) is 8.13. The highest BCUT2D eigenvalue weighted by molar-refractivity contribution is 5.99. The summed E-state index contributed by atoms with van der Waals surface area (Å²) in [4.78, 5) is 22.8. The average Bonchev–Trinajstić information content (AvgIpc) is 3.42. The van der Waals surface area contributed by atoms with Gasteiger partial charge in [0.2, 0.25) is 0 Å². The molecule has 0 radical (unpaired) electrons. The lowest BCUT2D eigenvalue weighted by Crippen LogP contribution is -2.62. The number of nitrogens with two attached hydrogens (primary N) is 1. The van der Waals surface area contributed by atoms with Crippen molar-refractivity contribution in [1.82, 2.24) is 24.7 Å². The number of rotatable bonds is 4. The van der Waals surface area contributed by atoms with E-state index in [1.807, 2.05) is 6.07 Å². The number of carbonyl (C=O) groups is 1. The fraction of sp³-hybridized carbons (Fsp3) is 0.704. The Labute approximate surface area is 212 Å². The Hall–Kier alpha value is -2.23. The predicted octanol–water partition coefficient (Wildman–Crippen LogP) is 2.76. The molecule has 9 heteroatoms. The number of likely N-dealkylation sites (tertiary alicyclic amines) is 1. The topological polar surface area (TPSA) is 88.6 Å². The van der Waals surface area contributed by atoms with Crippen molar-refractivity contribution >= 4 is 16.9 Å². The van der Waals surface area contributed by atoms with Gasteiger partial charge in [0, 0.05) is 49.9 Å².